The van der Waals surface area contributed by atoms with Gasteiger partial charge in [0.2, 0.25) is 0 Å². The Balaban J connectivity index is 1.36. The maximum atomic E-state index is 13.4. The molecule has 0 saturated carbocycles. The number of hydrogen-bond acceptors (Lipinski definition) is 5. The second-order valence-electron chi connectivity index (χ2n) is 10.1. The van der Waals surface area contributed by atoms with E-state index in [9.17, 15) is 9.59 Å². The van der Waals surface area contributed by atoms with Gasteiger partial charge in [0.25, 0.3) is 5.91 Å². The van der Waals surface area contributed by atoms with Gasteiger partial charge in [-0.25, -0.2) is 4.79 Å². The molecule has 0 spiro atoms. The van der Waals surface area contributed by atoms with Crippen molar-refractivity contribution in [3.63, 3.8) is 0 Å². The van der Waals surface area contributed by atoms with Crippen LogP contribution in [-0.4, -0.2) is 64.1 Å². The van der Waals surface area contributed by atoms with Gasteiger partial charge in [0.1, 0.15) is 0 Å². The van der Waals surface area contributed by atoms with Crippen LogP contribution in [0.15, 0.2) is 36.5 Å². The number of fused-ring (bicyclic) bond motifs is 2. The third-order valence-corrected chi connectivity index (χ3v) is 7.98. The predicted molar refractivity (Wildman–Crippen MR) is 144 cm³/mol. The van der Waals surface area contributed by atoms with E-state index >= 15 is 0 Å². The molecule has 1 unspecified atom stereocenters. The Morgan fingerprint density at radius 1 is 1.22 bits per heavy atom. The monoisotopic (exact) mass is 520 g/mol. The van der Waals surface area contributed by atoms with Crippen LogP contribution in [-0.2, 0) is 17.6 Å². The maximum Gasteiger partial charge on any atom is 0.410 e. The number of piperazine rings is 1. The van der Waals surface area contributed by atoms with E-state index in [4.69, 9.17) is 21.3 Å². The zero-order valence-corrected chi connectivity index (χ0v) is 22.4. The first-order valence-corrected chi connectivity index (χ1v) is 13.5. The van der Waals surface area contributed by atoms with Gasteiger partial charge in [0.15, 0.2) is 0 Å². The van der Waals surface area contributed by atoms with E-state index in [1.165, 1.54) is 5.56 Å². The molecule has 2 aliphatic rings. The first-order chi connectivity index (χ1) is 17.9. The average molecular weight is 521 g/mol. The predicted octanol–water partition coefficient (Wildman–Crippen LogP) is 5.56. The molecule has 1 aliphatic carbocycles. The molecule has 7 nitrogen and oxygen atoms in total. The van der Waals surface area contributed by atoms with Gasteiger partial charge in [-0.05, 0) is 68.9 Å². The summed E-state index contributed by atoms with van der Waals surface area (Å²) in [6.07, 6.45) is 4.96. The fraction of sp³-hybridized carbons (Fsp3) is 0.448. The second kappa shape index (κ2) is 10.7. The Morgan fingerprint density at radius 2 is 2.05 bits per heavy atom. The number of aryl methyl sites for hydroxylation is 1. The van der Waals surface area contributed by atoms with Crippen molar-refractivity contribution < 1.29 is 14.3 Å². The van der Waals surface area contributed by atoms with Crippen molar-refractivity contribution in [3.8, 4) is 0 Å². The third-order valence-electron chi connectivity index (χ3n) is 7.55. The van der Waals surface area contributed by atoms with E-state index in [0.29, 0.717) is 37.7 Å². The first kappa shape index (κ1) is 25.5. The SMILES string of the molecule is CCCOC(=O)N1CCN(C(=O)c2ccc3c(Cl)c4c(nc3c2)CC(c2ncccc2C)CC4)C[C@@H]1C. The average Bonchev–Trinajstić information content (AvgIpc) is 2.91. The molecule has 0 radical (unpaired) electrons. The normalized spacial score (nSPS) is 19.6. The van der Waals surface area contributed by atoms with E-state index in [-0.39, 0.29) is 18.0 Å². The standard InChI is InChI=1S/C29H33ClN4O3/c1-4-14-37-29(36)34-13-12-33(17-19(34)3)28(35)21-8-10-23-25(16-21)32-24-15-20(7-9-22(24)26(23)30)27-18(2)6-5-11-31-27/h5-6,8,10-11,16,19-20H,4,7,9,12-15,17H2,1-3H3/t19-,20?/m0/s1. The molecule has 8 heteroatoms. The lowest BCUT2D eigenvalue weighted by molar-refractivity contribution is 0.0412. The van der Waals surface area contributed by atoms with Gasteiger partial charge in [0.05, 0.1) is 17.1 Å². The summed E-state index contributed by atoms with van der Waals surface area (Å²) in [4.78, 5) is 38.9. The van der Waals surface area contributed by atoms with Crippen LogP contribution in [0, 0.1) is 6.92 Å². The first-order valence-electron chi connectivity index (χ1n) is 13.1. The van der Waals surface area contributed by atoms with E-state index in [0.717, 1.165) is 58.6 Å². The molecule has 2 aromatic heterocycles. The number of rotatable bonds is 4. The van der Waals surface area contributed by atoms with Crippen molar-refractivity contribution in [2.24, 2.45) is 0 Å². The number of amides is 2. The number of carbonyl (C=O) groups is 2. The summed E-state index contributed by atoms with van der Waals surface area (Å²) in [6, 6.07) is 9.55. The molecule has 1 saturated heterocycles. The Hall–Kier alpha value is -3.19. The number of nitrogens with zero attached hydrogens (tertiary/aromatic N) is 4. The molecule has 3 heterocycles. The summed E-state index contributed by atoms with van der Waals surface area (Å²) in [6.45, 7) is 7.80. The minimum atomic E-state index is -0.310. The topological polar surface area (TPSA) is 75.6 Å². The van der Waals surface area contributed by atoms with Crippen molar-refractivity contribution in [2.45, 2.75) is 58.4 Å². The van der Waals surface area contributed by atoms with Crippen LogP contribution in [0.25, 0.3) is 10.9 Å². The highest BCUT2D eigenvalue weighted by Crippen LogP contribution is 2.38. The van der Waals surface area contributed by atoms with Crippen LogP contribution in [0.3, 0.4) is 0 Å². The molecule has 37 heavy (non-hydrogen) atoms. The lowest BCUT2D eigenvalue weighted by atomic mass is 9.83. The molecule has 194 valence electrons. The summed E-state index contributed by atoms with van der Waals surface area (Å²) in [5, 5.41) is 1.62. The zero-order valence-electron chi connectivity index (χ0n) is 21.7. The Kier molecular flexibility index (Phi) is 7.33. The number of carbonyl (C=O) groups excluding carboxylic acids is 2. The lowest BCUT2D eigenvalue weighted by Gasteiger charge is -2.39. The zero-order chi connectivity index (χ0) is 26.1. The van der Waals surface area contributed by atoms with Gasteiger partial charge in [0, 0.05) is 60.1 Å². The van der Waals surface area contributed by atoms with Crippen LogP contribution in [0.2, 0.25) is 5.02 Å². The van der Waals surface area contributed by atoms with Crippen LogP contribution in [0.1, 0.15) is 65.5 Å². The molecule has 5 rings (SSSR count). The molecule has 2 amide bonds. The quantitative estimate of drug-likeness (QED) is 0.450. The molecule has 3 aromatic rings. The molecular weight excluding hydrogens is 488 g/mol. The number of hydrogen-bond donors (Lipinski definition) is 0. The van der Waals surface area contributed by atoms with E-state index in [2.05, 4.69) is 18.0 Å². The molecule has 0 N–H and O–H groups in total. The molecule has 1 aromatic carbocycles. The second-order valence-corrected chi connectivity index (χ2v) is 10.5. The highest BCUT2D eigenvalue weighted by molar-refractivity contribution is 6.36. The van der Waals surface area contributed by atoms with E-state index < -0.39 is 0 Å². The minimum absolute atomic E-state index is 0.0621. The Labute approximate surface area is 222 Å². The van der Waals surface area contributed by atoms with Gasteiger partial charge < -0.3 is 14.5 Å². The summed E-state index contributed by atoms with van der Waals surface area (Å²) < 4.78 is 5.29. The van der Waals surface area contributed by atoms with Crippen molar-refractivity contribution in [3.05, 3.63) is 69.6 Å². The fourth-order valence-corrected chi connectivity index (χ4v) is 5.91. The Bertz CT molecular complexity index is 1340. The summed E-state index contributed by atoms with van der Waals surface area (Å²) >= 11 is 6.87. The van der Waals surface area contributed by atoms with Crippen molar-refractivity contribution in [2.75, 3.05) is 26.2 Å². The van der Waals surface area contributed by atoms with E-state index in [1.54, 1.807) is 9.80 Å². The largest absolute Gasteiger partial charge is 0.449 e. The van der Waals surface area contributed by atoms with Gasteiger partial charge >= 0.3 is 6.09 Å². The van der Waals surface area contributed by atoms with Crippen molar-refractivity contribution >= 4 is 34.5 Å². The summed E-state index contributed by atoms with van der Waals surface area (Å²) in [5.74, 6) is 0.245. The third kappa shape index (κ3) is 5.01. The van der Waals surface area contributed by atoms with Crippen LogP contribution in [0.5, 0.6) is 0 Å². The van der Waals surface area contributed by atoms with Crippen LogP contribution < -0.4 is 0 Å². The van der Waals surface area contributed by atoms with Crippen molar-refractivity contribution in [1.82, 2.24) is 19.8 Å². The lowest BCUT2D eigenvalue weighted by Crippen LogP contribution is -2.55. The molecule has 1 fully saturated rings. The summed E-state index contributed by atoms with van der Waals surface area (Å²) in [7, 11) is 0. The van der Waals surface area contributed by atoms with E-state index in [1.807, 2.05) is 44.3 Å². The minimum Gasteiger partial charge on any atom is -0.449 e. The van der Waals surface area contributed by atoms with Crippen molar-refractivity contribution in [1.29, 1.82) is 0 Å². The van der Waals surface area contributed by atoms with Gasteiger partial charge in [-0.1, -0.05) is 30.7 Å². The molecule has 0 bridgehead atoms. The molecular formula is C29H33ClN4O3. The Morgan fingerprint density at radius 3 is 2.81 bits per heavy atom. The number of pyridine rings is 2. The number of benzene rings is 1. The fourth-order valence-electron chi connectivity index (χ4n) is 5.55. The maximum absolute atomic E-state index is 13.4. The summed E-state index contributed by atoms with van der Waals surface area (Å²) in [5.41, 5.74) is 5.75. The molecule has 1 aliphatic heterocycles. The highest BCUT2D eigenvalue weighted by Gasteiger charge is 2.31. The van der Waals surface area contributed by atoms with Gasteiger partial charge in [-0.3, -0.25) is 14.8 Å². The van der Waals surface area contributed by atoms with Crippen LogP contribution >= 0.6 is 11.6 Å². The smallest absolute Gasteiger partial charge is 0.410 e. The molecule has 2 atom stereocenters. The van der Waals surface area contributed by atoms with Gasteiger partial charge in [-0.2, -0.15) is 0 Å². The highest BCUT2D eigenvalue weighted by atomic mass is 35.5. The van der Waals surface area contributed by atoms with Gasteiger partial charge in [-0.15, -0.1) is 0 Å². The number of ether oxygens (including phenoxy) is 1. The number of aromatic nitrogens is 2. The van der Waals surface area contributed by atoms with Crippen LogP contribution in [0.4, 0.5) is 4.79 Å². The number of halogens is 1.